The van der Waals surface area contributed by atoms with E-state index in [1.54, 1.807) is 0 Å². The zero-order chi connectivity index (χ0) is 39.4. The molecule has 1 atom stereocenters. The fourth-order valence-corrected chi connectivity index (χ4v) is 15.1. The van der Waals surface area contributed by atoms with Gasteiger partial charge in [-0.15, -0.1) is 0 Å². The van der Waals surface area contributed by atoms with Gasteiger partial charge in [-0.2, -0.15) is 0 Å². The summed E-state index contributed by atoms with van der Waals surface area (Å²) in [5, 5.41) is 8.75. The summed E-state index contributed by atoms with van der Waals surface area (Å²) in [6.45, 7) is 0. The molecule has 9 aromatic carbocycles. The molecule has 2 aromatic heterocycles. The highest BCUT2D eigenvalue weighted by Crippen LogP contribution is 2.56. The number of hydrogen-bond donors (Lipinski definition) is 0. The molecule has 0 amide bonds. The highest BCUT2D eigenvalue weighted by molar-refractivity contribution is 7.99. The van der Waals surface area contributed by atoms with Gasteiger partial charge >= 0.3 is 0 Å². The van der Waals surface area contributed by atoms with Gasteiger partial charge in [-0.1, -0.05) is 150 Å². The molecule has 0 radical (unpaired) electrons. The van der Waals surface area contributed by atoms with Crippen LogP contribution in [0.3, 0.4) is 0 Å². The van der Waals surface area contributed by atoms with E-state index in [0.29, 0.717) is 0 Å². The Labute approximate surface area is 352 Å². The zero-order valence-corrected chi connectivity index (χ0v) is 34.4. The summed E-state index contributed by atoms with van der Waals surface area (Å²) >= 11 is 1.89. The third-order valence-corrected chi connectivity index (χ3v) is 17.3. The topological polar surface area (TPSA) is 29.5 Å². The van der Waals surface area contributed by atoms with Crippen LogP contribution in [-0.2, 0) is 5.41 Å². The molecule has 0 aliphatic carbocycles. The first-order valence-corrected chi connectivity index (χ1v) is 23.1. The number of para-hydroxylation sites is 2. The average molecular weight is 802 g/mol. The summed E-state index contributed by atoms with van der Waals surface area (Å²) in [6.07, 6.45) is 0. The molecule has 1 unspecified atom stereocenters. The fourth-order valence-electron chi connectivity index (χ4n) is 10.4. The lowest BCUT2D eigenvalue weighted by Crippen LogP contribution is -2.62. The lowest BCUT2D eigenvalue weighted by molar-refractivity contribution is 0.669. The lowest BCUT2D eigenvalue weighted by atomic mass is 9.64. The molecule has 13 rings (SSSR count). The second kappa shape index (κ2) is 13.0. The molecular formula is C55H35NO2SSi. The van der Waals surface area contributed by atoms with Crippen molar-refractivity contribution in [1.29, 1.82) is 0 Å². The number of hydrogen-bond acceptors (Lipinski definition) is 4. The quantitative estimate of drug-likeness (QED) is 0.166. The van der Waals surface area contributed by atoms with Crippen LogP contribution >= 0.6 is 11.8 Å². The lowest BCUT2D eigenvalue weighted by Gasteiger charge is -2.48. The van der Waals surface area contributed by atoms with E-state index in [0.717, 1.165) is 60.9 Å². The van der Waals surface area contributed by atoms with Gasteiger partial charge in [0.25, 0.3) is 0 Å². The zero-order valence-electron chi connectivity index (χ0n) is 32.4. The predicted molar refractivity (Wildman–Crippen MR) is 251 cm³/mol. The molecule has 3 nitrogen and oxygen atoms in total. The van der Waals surface area contributed by atoms with E-state index in [1.165, 1.54) is 47.6 Å². The number of fused-ring (bicyclic) bond motifs is 14. The summed E-state index contributed by atoms with van der Waals surface area (Å²) in [4.78, 5) is 5.00. The molecule has 282 valence electrons. The maximum absolute atomic E-state index is 6.53. The Morgan fingerprint density at radius 1 is 0.367 bits per heavy atom. The van der Waals surface area contributed by atoms with Gasteiger partial charge in [-0.3, -0.25) is 0 Å². The van der Waals surface area contributed by atoms with E-state index in [4.69, 9.17) is 8.83 Å². The first-order valence-electron chi connectivity index (χ1n) is 20.5. The van der Waals surface area contributed by atoms with Crippen LogP contribution in [0.4, 0.5) is 17.1 Å². The number of rotatable bonds is 4. The van der Waals surface area contributed by atoms with Crippen molar-refractivity contribution in [2.75, 3.05) is 4.90 Å². The molecule has 1 spiro atoms. The molecule has 2 aliphatic heterocycles. The highest BCUT2D eigenvalue weighted by atomic mass is 32.2. The van der Waals surface area contributed by atoms with Gasteiger partial charge in [-0.25, -0.2) is 0 Å². The first-order chi connectivity index (χ1) is 29.7. The van der Waals surface area contributed by atoms with E-state index >= 15 is 0 Å². The summed E-state index contributed by atoms with van der Waals surface area (Å²) in [5.41, 5.74) is 11.6. The van der Waals surface area contributed by atoms with Crippen LogP contribution in [0.5, 0.6) is 0 Å². The minimum Gasteiger partial charge on any atom is -0.456 e. The van der Waals surface area contributed by atoms with Crippen molar-refractivity contribution in [2.24, 2.45) is 0 Å². The SMILES string of the molecule is c1ccc([SiH]2c3ccccc3C3(c4ccccc4Sc4ccccc43)c3ccc(N(c4ccc5c(c4)oc4ccccc45)c4ccc5c(c4)oc4ccccc45)cc32)cc1. The van der Waals surface area contributed by atoms with Gasteiger partial charge in [0.1, 0.15) is 31.1 Å². The van der Waals surface area contributed by atoms with Crippen LogP contribution in [0.15, 0.2) is 225 Å². The van der Waals surface area contributed by atoms with Crippen molar-refractivity contribution in [3.05, 3.63) is 229 Å². The Balaban J connectivity index is 1.11. The molecule has 0 bridgehead atoms. The standard InChI is InChI=1S/C55H35NO2SSi/c1-2-14-38(15-3-1)60-53-25-13-8-20-45(53)55(43-18-6-11-23-51(43)59-52-24-12-7-19-44(52)55)46-31-28-37(34-54(46)60)56(35-26-29-41-39-16-4-9-21-47(39)57-49(41)32-35)36-27-30-42-40-17-5-10-22-48(40)58-50(42)33-36/h1-34,60H. The van der Waals surface area contributed by atoms with Crippen LogP contribution in [0, 0.1) is 0 Å². The van der Waals surface area contributed by atoms with E-state index in [9.17, 15) is 0 Å². The monoisotopic (exact) mass is 801 g/mol. The minimum atomic E-state index is -2.05. The van der Waals surface area contributed by atoms with Gasteiger partial charge in [-0.05, 0) is 93.3 Å². The summed E-state index contributed by atoms with van der Waals surface area (Å²) in [7, 11) is -2.05. The first kappa shape index (κ1) is 33.9. The van der Waals surface area contributed by atoms with Crippen molar-refractivity contribution in [1.82, 2.24) is 0 Å². The van der Waals surface area contributed by atoms with E-state index in [2.05, 4.69) is 187 Å². The third kappa shape index (κ3) is 4.79. The molecule has 11 aromatic rings. The van der Waals surface area contributed by atoms with Crippen LogP contribution in [0.2, 0.25) is 0 Å². The van der Waals surface area contributed by atoms with Gasteiger partial charge in [0.15, 0.2) is 0 Å². The van der Waals surface area contributed by atoms with Gasteiger partial charge in [0, 0.05) is 60.5 Å². The largest absolute Gasteiger partial charge is 0.456 e. The number of anilines is 3. The third-order valence-electron chi connectivity index (χ3n) is 12.9. The Hall–Kier alpha value is -7.05. The van der Waals surface area contributed by atoms with Crippen molar-refractivity contribution in [3.8, 4) is 0 Å². The summed E-state index contributed by atoms with van der Waals surface area (Å²) in [6, 6.07) is 76.0. The normalized spacial score (nSPS) is 14.9. The molecule has 0 saturated heterocycles. The summed E-state index contributed by atoms with van der Waals surface area (Å²) in [5.74, 6) is 0. The van der Waals surface area contributed by atoms with E-state index in [-0.39, 0.29) is 0 Å². The Morgan fingerprint density at radius 3 is 1.47 bits per heavy atom. The Kier molecular flexibility index (Phi) is 7.32. The number of benzene rings is 9. The molecular weight excluding hydrogens is 767 g/mol. The predicted octanol–water partition coefficient (Wildman–Crippen LogP) is 12.4. The molecule has 0 fully saturated rings. The average Bonchev–Trinajstić information content (AvgIpc) is 3.87. The maximum atomic E-state index is 6.53. The smallest absolute Gasteiger partial charge is 0.137 e. The summed E-state index contributed by atoms with van der Waals surface area (Å²) < 4.78 is 13.1. The van der Waals surface area contributed by atoms with Crippen LogP contribution in [-0.4, -0.2) is 8.80 Å². The van der Waals surface area contributed by atoms with E-state index in [1.807, 2.05) is 36.0 Å². The van der Waals surface area contributed by atoms with Gasteiger partial charge in [0.05, 0.1) is 5.41 Å². The van der Waals surface area contributed by atoms with Crippen LogP contribution < -0.4 is 20.5 Å². The molecule has 2 aliphatic rings. The number of nitrogens with zero attached hydrogens (tertiary/aromatic N) is 1. The molecule has 0 saturated carbocycles. The molecule has 60 heavy (non-hydrogen) atoms. The second-order valence-corrected chi connectivity index (χ2v) is 19.8. The maximum Gasteiger partial charge on any atom is 0.137 e. The fraction of sp³-hybridized carbons (Fsp3) is 0.0182. The highest BCUT2D eigenvalue weighted by Gasteiger charge is 2.50. The Bertz CT molecular complexity index is 3350. The van der Waals surface area contributed by atoms with Gasteiger partial charge < -0.3 is 13.7 Å². The van der Waals surface area contributed by atoms with E-state index < -0.39 is 14.2 Å². The van der Waals surface area contributed by atoms with Crippen molar-refractivity contribution >= 4 is 97.1 Å². The molecule has 0 N–H and O–H groups in total. The second-order valence-electron chi connectivity index (χ2n) is 15.9. The van der Waals surface area contributed by atoms with Crippen LogP contribution in [0.25, 0.3) is 43.9 Å². The molecule has 4 heterocycles. The van der Waals surface area contributed by atoms with Crippen molar-refractivity contribution < 1.29 is 8.83 Å². The Morgan fingerprint density at radius 2 is 0.833 bits per heavy atom. The molecule has 5 heteroatoms. The van der Waals surface area contributed by atoms with Crippen LogP contribution in [0.1, 0.15) is 22.3 Å². The number of furan rings is 2. The van der Waals surface area contributed by atoms with Crippen molar-refractivity contribution in [2.45, 2.75) is 15.2 Å². The van der Waals surface area contributed by atoms with Gasteiger partial charge in [0.2, 0.25) is 0 Å². The van der Waals surface area contributed by atoms with Crippen molar-refractivity contribution in [3.63, 3.8) is 0 Å². The minimum absolute atomic E-state index is 0.494.